The minimum atomic E-state index is -0.787. The number of nitrogens with one attached hydrogen (secondary N) is 1. The third kappa shape index (κ3) is 3.95. The molecule has 0 saturated carbocycles. The van der Waals surface area contributed by atoms with Crippen LogP contribution in [0, 0.1) is 12.7 Å². The van der Waals surface area contributed by atoms with Crippen LogP contribution in [0.25, 0.3) is 0 Å². The van der Waals surface area contributed by atoms with E-state index in [0.717, 1.165) is 12.0 Å². The fourth-order valence-electron chi connectivity index (χ4n) is 2.41. The zero-order valence-electron chi connectivity index (χ0n) is 12.8. The summed E-state index contributed by atoms with van der Waals surface area (Å²) in [6.07, 6.45) is 2.08. The Morgan fingerprint density at radius 3 is 2.50 bits per heavy atom. The lowest BCUT2D eigenvalue weighted by Crippen LogP contribution is -2.47. The molecule has 0 bridgehead atoms. The topological polar surface area (TPSA) is 38.3 Å². The summed E-state index contributed by atoms with van der Waals surface area (Å²) in [7, 11) is 0. The molecule has 1 aromatic rings. The maximum absolute atomic E-state index is 13.5. The van der Waals surface area contributed by atoms with Crippen molar-refractivity contribution in [2.45, 2.75) is 52.5 Å². The van der Waals surface area contributed by atoms with Crippen molar-refractivity contribution >= 4 is 11.7 Å². The van der Waals surface area contributed by atoms with Gasteiger partial charge in [0, 0.05) is 5.69 Å². The van der Waals surface area contributed by atoms with Crippen molar-refractivity contribution in [3.63, 3.8) is 0 Å². The van der Waals surface area contributed by atoms with Crippen LogP contribution in [0.3, 0.4) is 0 Å². The Morgan fingerprint density at radius 1 is 1.30 bits per heavy atom. The van der Waals surface area contributed by atoms with Gasteiger partial charge in [0.1, 0.15) is 11.4 Å². The Balaban J connectivity index is 3.07. The second-order valence-electron chi connectivity index (χ2n) is 5.05. The summed E-state index contributed by atoms with van der Waals surface area (Å²) in [5.41, 5.74) is 0.647. The van der Waals surface area contributed by atoms with Crippen LogP contribution in [0.4, 0.5) is 10.1 Å². The Bertz CT molecular complexity index is 442. The van der Waals surface area contributed by atoms with E-state index >= 15 is 0 Å². The van der Waals surface area contributed by atoms with Crippen molar-refractivity contribution in [3.8, 4) is 0 Å². The first-order chi connectivity index (χ1) is 9.47. The zero-order valence-corrected chi connectivity index (χ0v) is 12.8. The lowest BCUT2D eigenvalue weighted by Gasteiger charge is -2.32. The average Bonchev–Trinajstić information content (AvgIpc) is 2.37. The summed E-state index contributed by atoms with van der Waals surface area (Å²) in [4.78, 5) is 12.3. The Hall–Kier alpha value is -1.58. The highest BCUT2D eigenvalue weighted by molar-refractivity contribution is 5.84. The summed E-state index contributed by atoms with van der Waals surface area (Å²) in [5, 5.41) is 3.19. The maximum atomic E-state index is 13.5. The molecule has 3 nitrogen and oxygen atoms in total. The van der Waals surface area contributed by atoms with E-state index in [9.17, 15) is 9.18 Å². The molecule has 1 rings (SSSR count). The first kappa shape index (κ1) is 16.5. The van der Waals surface area contributed by atoms with Crippen LogP contribution in [0.15, 0.2) is 18.2 Å². The molecule has 112 valence electrons. The van der Waals surface area contributed by atoms with E-state index < -0.39 is 5.54 Å². The van der Waals surface area contributed by atoms with Gasteiger partial charge in [0.15, 0.2) is 0 Å². The molecule has 0 fully saturated rings. The second-order valence-corrected chi connectivity index (χ2v) is 5.05. The summed E-state index contributed by atoms with van der Waals surface area (Å²) < 4.78 is 18.7. The molecule has 0 aliphatic carbocycles. The predicted molar refractivity (Wildman–Crippen MR) is 79.3 cm³/mol. The molecular formula is C16H24FNO2. The van der Waals surface area contributed by atoms with Gasteiger partial charge in [-0.15, -0.1) is 0 Å². The van der Waals surface area contributed by atoms with Gasteiger partial charge < -0.3 is 10.1 Å². The normalized spacial score (nSPS) is 13.7. The zero-order chi connectivity index (χ0) is 15.2. The van der Waals surface area contributed by atoms with Crippen molar-refractivity contribution in [1.82, 2.24) is 0 Å². The van der Waals surface area contributed by atoms with Crippen molar-refractivity contribution in [3.05, 3.63) is 29.6 Å². The number of ether oxygens (including phenoxy) is 1. The molecule has 0 aliphatic rings. The first-order valence-electron chi connectivity index (χ1n) is 7.20. The summed E-state index contributed by atoms with van der Waals surface area (Å²) >= 11 is 0. The number of hydrogen-bond acceptors (Lipinski definition) is 3. The molecule has 0 saturated heterocycles. The van der Waals surface area contributed by atoms with Crippen molar-refractivity contribution in [2.24, 2.45) is 0 Å². The van der Waals surface area contributed by atoms with Gasteiger partial charge in [0.25, 0.3) is 0 Å². The van der Waals surface area contributed by atoms with Gasteiger partial charge in [-0.05, 0) is 50.5 Å². The van der Waals surface area contributed by atoms with Gasteiger partial charge in [-0.25, -0.2) is 9.18 Å². The van der Waals surface area contributed by atoms with Gasteiger partial charge in [-0.1, -0.05) is 20.3 Å². The highest BCUT2D eigenvalue weighted by Crippen LogP contribution is 2.26. The molecule has 1 atom stereocenters. The van der Waals surface area contributed by atoms with Crippen molar-refractivity contribution < 1.29 is 13.9 Å². The summed E-state index contributed by atoms with van der Waals surface area (Å²) in [5.74, 6) is -0.580. The SMILES string of the molecule is CCCC(CC)(Nc1cc(C)cc(F)c1)C(=O)OCC. The molecule has 0 aliphatic heterocycles. The van der Waals surface area contributed by atoms with Gasteiger partial charge in [-0.3, -0.25) is 0 Å². The van der Waals surface area contributed by atoms with Crippen LogP contribution >= 0.6 is 0 Å². The van der Waals surface area contributed by atoms with Gasteiger partial charge in [0.05, 0.1) is 6.61 Å². The van der Waals surface area contributed by atoms with Gasteiger partial charge in [-0.2, -0.15) is 0 Å². The number of carbonyl (C=O) groups excluding carboxylic acids is 1. The van der Waals surface area contributed by atoms with Gasteiger partial charge >= 0.3 is 5.97 Å². The molecule has 0 amide bonds. The van der Waals surface area contributed by atoms with Crippen LogP contribution in [-0.2, 0) is 9.53 Å². The summed E-state index contributed by atoms with van der Waals surface area (Å²) in [6.45, 7) is 7.91. The maximum Gasteiger partial charge on any atom is 0.331 e. The quantitative estimate of drug-likeness (QED) is 0.766. The highest BCUT2D eigenvalue weighted by Gasteiger charge is 2.37. The number of benzene rings is 1. The van der Waals surface area contributed by atoms with Crippen LogP contribution in [-0.4, -0.2) is 18.1 Å². The van der Waals surface area contributed by atoms with E-state index in [2.05, 4.69) is 5.32 Å². The molecule has 4 heteroatoms. The minimum absolute atomic E-state index is 0.272. The largest absolute Gasteiger partial charge is 0.464 e. The number of esters is 1. The summed E-state index contributed by atoms with van der Waals surface area (Å²) in [6, 6.07) is 4.71. The Labute approximate surface area is 120 Å². The number of halogens is 1. The van der Waals surface area contributed by atoms with Crippen molar-refractivity contribution in [1.29, 1.82) is 0 Å². The third-order valence-corrected chi connectivity index (χ3v) is 3.37. The predicted octanol–water partition coefficient (Wildman–Crippen LogP) is 4.06. The highest BCUT2D eigenvalue weighted by atomic mass is 19.1. The molecule has 1 aromatic carbocycles. The number of hydrogen-bond donors (Lipinski definition) is 1. The fourth-order valence-corrected chi connectivity index (χ4v) is 2.41. The number of aryl methyl sites for hydroxylation is 1. The van der Waals surface area contributed by atoms with E-state index in [1.165, 1.54) is 12.1 Å². The smallest absolute Gasteiger partial charge is 0.331 e. The van der Waals surface area contributed by atoms with E-state index in [1.54, 1.807) is 6.92 Å². The molecule has 0 aromatic heterocycles. The van der Waals surface area contributed by atoms with Gasteiger partial charge in [0.2, 0.25) is 0 Å². The monoisotopic (exact) mass is 281 g/mol. The standard InChI is InChI=1S/C16H24FNO2/c1-5-8-16(6-2,15(19)20-7-3)18-14-10-12(4)9-13(17)11-14/h9-11,18H,5-8H2,1-4H3. The average molecular weight is 281 g/mol. The molecule has 0 spiro atoms. The number of carbonyl (C=O) groups is 1. The van der Waals surface area contributed by atoms with Crippen LogP contribution in [0.1, 0.15) is 45.6 Å². The van der Waals surface area contributed by atoms with E-state index in [-0.39, 0.29) is 11.8 Å². The number of anilines is 1. The van der Waals surface area contributed by atoms with Crippen LogP contribution in [0.2, 0.25) is 0 Å². The van der Waals surface area contributed by atoms with Crippen molar-refractivity contribution in [2.75, 3.05) is 11.9 Å². The lowest BCUT2D eigenvalue weighted by molar-refractivity contribution is -0.149. The first-order valence-corrected chi connectivity index (χ1v) is 7.20. The molecular weight excluding hydrogens is 257 g/mol. The van der Waals surface area contributed by atoms with E-state index in [1.807, 2.05) is 26.8 Å². The Kier molecular flexibility index (Phi) is 5.99. The fraction of sp³-hybridized carbons (Fsp3) is 0.562. The lowest BCUT2D eigenvalue weighted by atomic mass is 9.90. The second kappa shape index (κ2) is 7.27. The van der Waals surface area contributed by atoms with Crippen LogP contribution < -0.4 is 5.32 Å². The Morgan fingerprint density at radius 2 is 2.00 bits per heavy atom. The molecule has 1 unspecified atom stereocenters. The molecule has 20 heavy (non-hydrogen) atoms. The molecule has 0 heterocycles. The van der Waals surface area contributed by atoms with Crippen LogP contribution in [0.5, 0.6) is 0 Å². The molecule has 1 N–H and O–H groups in total. The number of rotatable bonds is 7. The third-order valence-electron chi connectivity index (χ3n) is 3.37. The van der Waals surface area contributed by atoms with E-state index in [0.29, 0.717) is 25.1 Å². The minimum Gasteiger partial charge on any atom is -0.464 e. The van der Waals surface area contributed by atoms with E-state index in [4.69, 9.17) is 4.74 Å². The molecule has 0 radical (unpaired) electrons.